The Balaban J connectivity index is 0.00000169. The molecule has 148 valence electrons. The van der Waals surface area contributed by atoms with Crippen molar-refractivity contribution in [1.29, 1.82) is 0 Å². The van der Waals surface area contributed by atoms with Gasteiger partial charge < -0.3 is 20.1 Å². The smallest absolute Gasteiger partial charge is 0.254 e. The van der Waals surface area contributed by atoms with Crippen molar-refractivity contribution >= 4 is 36.4 Å². The third kappa shape index (κ3) is 6.59. The first-order valence-corrected chi connectivity index (χ1v) is 8.81. The molecule has 0 radical (unpaired) electrons. The molecule has 1 aromatic rings. The van der Waals surface area contributed by atoms with Crippen molar-refractivity contribution in [2.45, 2.75) is 25.9 Å². The Morgan fingerprint density at radius 3 is 2.77 bits per heavy atom. The molecule has 0 saturated carbocycles. The summed E-state index contributed by atoms with van der Waals surface area (Å²) in [6, 6.07) is 5.75. The molecule has 2 aliphatic rings. The Bertz CT molecular complexity index is 563. The number of benzene rings is 1. The fourth-order valence-corrected chi connectivity index (χ4v) is 3.14. The average Bonchev–Trinajstić information content (AvgIpc) is 3.11. The largest absolute Gasteiger partial charge is 0.492 e. The van der Waals surface area contributed by atoms with Crippen LogP contribution in [0.4, 0.5) is 5.69 Å². The van der Waals surface area contributed by atoms with Crippen LogP contribution in [0, 0.1) is 6.92 Å². The molecule has 1 atom stereocenters. The summed E-state index contributed by atoms with van der Waals surface area (Å²) in [5.74, 6) is 0.770. The van der Waals surface area contributed by atoms with E-state index in [0.717, 1.165) is 30.1 Å². The summed E-state index contributed by atoms with van der Waals surface area (Å²) < 4.78 is 11.3. The van der Waals surface area contributed by atoms with Crippen LogP contribution in [0.15, 0.2) is 18.2 Å². The number of halogens is 2. The molecule has 2 N–H and O–H groups in total. The Morgan fingerprint density at radius 1 is 1.35 bits per heavy atom. The molecule has 8 heteroatoms. The highest BCUT2D eigenvalue weighted by atomic mass is 35.5. The second-order valence-corrected chi connectivity index (χ2v) is 6.43. The number of nitrogens with one attached hydrogen (secondary N) is 2. The Kier molecular flexibility index (Phi) is 10.3. The lowest BCUT2D eigenvalue weighted by atomic mass is 10.2. The highest BCUT2D eigenvalue weighted by Gasteiger charge is 2.21. The summed E-state index contributed by atoms with van der Waals surface area (Å²) in [6.45, 7) is 7.98. The predicted octanol–water partition coefficient (Wildman–Crippen LogP) is 2.24. The Labute approximate surface area is 167 Å². The normalized spacial score (nSPS) is 20.0. The Hall–Kier alpha value is -1.05. The topological polar surface area (TPSA) is 62.8 Å². The lowest BCUT2D eigenvalue weighted by Crippen LogP contribution is -2.45. The number of aryl methyl sites for hydroxylation is 1. The predicted molar refractivity (Wildman–Crippen MR) is 108 cm³/mol. The fourth-order valence-electron chi connectivity index (χ4n) is 3.14. The minimum absolute atomic E-state index is 0. The summed E-state index contributed by atoms with van der Waals surface area (Å²) in [6.07, 6.45) is 2.18. The van der Waals surface area contributed by atoms with E-state index < -0.39 is 6.10 Å². The van der Waals surface area contributed by atoms with E-state index in [2.05, 4.69) is 15.5 Å². The van der Waals surface area contributed by atoms with Crippen LogP contribution in [0.25, 0.3) is 0 Å². The van der Waals surface area contributed by atoms with Crippen LogP contribution < -0.4 is 15.4 Å². The first-order valence-electron chi connectivity index (χ1n) is 8.81. The van der Waals surface area contributed by atoms with Gasteiger partial charge in [-0.05, 0) is 56.6 Å². The maximum atomic E-state index is 12.2. The molecule has 0 unspecified atom stereocenters. The molecular weight excluding hydrogens is 377 g/mol. The van der Waals surface area contributed by atoms with E-state index in [9.17, 15) is 4.79 Å². The molecule has 0 aromatic heterocycles. The van der Waals surface area contributed by atoms with Gasteiger partial charge in [0, 0.05) is 25.3 Å². The summed E-state index contributed by atoms with van der Waals surface area (Å²) >= 11 is 0. The van der Waals surface area contributed by atoms with Gasteiger partial charge >= 0.3 is 0 Å². The quantitative estimate of drug-likeness (QED) is 0.759. The van der Waals surface area contributed by atoms with E-state index in [-0.39, 0.29) is 30.7 Å². The number of carbonyl (C=O) groups is 1. The third-order valence-corrected chi connectivity index (χ3v) is 4.53. The van der Waals surface area contributed by atoms with E-state index in [1.54, 1.807) is 0 Å². The van der Waals surface area contributed by atoms with Gasteiger partial charge in [0.05, 0.1) is 6.61 Å². The second kappa shape index (κ2) is 11.6. The first kappa shape index (κ1) is 23.0. The molecule has 1 amide bonds. The maximum Gasteiger partial charge on any atom is 0.254 e. The molecule has 2 fully saturated rings. The van der Waals surface area contributed by atoms with Crippen LogP contribution in [0.2, 0.25) is 0 Å². The molecule has 2 aliphatic heterocycles. The maximum absolute atomic E-state index is 12.2. The van der Waals surface area contributed by atoms with Crippen molar-refractivity contribution in [3.8, 4) is 5.75 Å². The third-order valence-electron chi connectivity index (χ3n) is 4.53. The number of ether oxygens (including phenoxy) is 2. The van der Waals surface area contributed by atoms with Gasteiger partial charge in [-0.2, -0.15) is 0 Å². The number of nitrogens with zero attached hydrogens (tertiary/aromatic N) is 1. The van der Waals surface area contributed by atoms with E-state index in [4.69, 9.17) is 9.47 Å². The number of anilines is 1. The molecule has 2 heterocycles. The zero-order valence-electron chi connectivity index (χ0n) is 15.2. The van der Waals surface area contributed by atoms with Crippen molar-refractivity contribution in [1.82, 2.24) is 10.2 Å². The van der Waals surface area contributed by atoms with Crippen molar-refractivity contribution in [3.63, 3.8) is 0 Å². The molecule has 26 heavy (non-hydrogen) atoms. The zero-order chi connectivity index (χ0) is 16.8. The van der Waals surface area contributed by atoms with Gasteiger partial charge in [0.15, 0.2) is 0 Å². The van der Waals surface area contributed by atoms with Gasteiger partial charge in [0.2, 0.25) is 0 Å². The molecule has 0 aliphatic carbocycles. The summed E-state index contributed by atoms with van der Waals surface area (Å²) in [4.78, 5) is 14.6. The number of hydrogen-bond acceptors (Lipinski definition) is 5. The highest BCUT2D eigenvalue weighted by molar-refractivity contribution is 5.94. The van der Waals surface area contributed by atoms with Crippen LogP contribution in [0.3, 0.4) is 0 Å². The second-order valence-electron chi connectivity index (χ2n) is 6.43. The van der Waals surface area contributed by atoms with Crippen molar-refractivity contribution < 1.29 is 14.3 Å². The molecule has 3 rings (SSSR count). The molecule has 1 aromatic carbocycles. The number of rotatable bonds is 6. The van der Waals surface area contributed by atoms with Crippen molar-refractivity contribution in [2.75, 3.05) is 51.3 Å². The van der Waals surface area contributed by atoms with Gasteiger partial charge in [0.1, 0.15) is 18.5 Å². The number of likely N-dealkylation sites (tertiary alicyclic amines) is 1. The molecule has 6 nitrogen and oxygen atoms in total. The lowest BCUT2D eigenvalue weighted by molar-refractivity contribution is -0.128. The summed E-state index contributed by atoms with van der Waals surface area (Å²) in [7, 11) is 0. The van der Waals surface area contributed by atoms with Crippen LogP contribution in [0.5, 0.6) is 5.75 Å². The SMILES string of the molecule is Cc1cc(NC(=O)[C@H]2CNCCO2)ccc1OCCN1CCCC1.Cl.Cl. The fraction of sp³-hybridized carbons (Fsp3) is 0.611. The van der Waals surface area contributed by atoms with Crippen LogP contribution in [-0.4, -0.2) is 62.8 Å². The van der Waals surface area contributed by atoms with Gasteiger partial charge in [-0.3, -0.25) is 9.69 Å². The van der Waals surface area contributed by atoms with Crippen molar-refractivity contribution in [2.24, 2.45) is 0 Å². The van der Waals surface area contributed by atoms with Crippen LogP contribution in [0.1, 0.15) is 18.4 Å². The standard InChI is InChI=1S/C18H27N3O3.2ClH/c1-14-12-15(20-18(22)17-13-19-6-10-23-17)4-5-16(14)24-11-9-21-7-2-3-8-21;;/h4-5,12,17,19H,2-3,6-11,13H2,1H3,(H,20,22);2*1H/t17-;;/m1../s1. The van der Waals surface area contributed by atoms with Crippen LogP contribution in [-0.2, 0) is 9.53 Å². The first-order chi connectivity index (χ1) is 11.7. The van der Waals surface area contributed by atoms with Gasteiger partial charge in [0.25, 0.3) is 5.91 Å². The van der Waals surface area contributed by atoms with E-state index >= 15 is 0 Å². The molecule has 2 saturated heterocycles. The monoisotopic (exact) mass is 405 g/mol. The summed E-state index contributed by atoms with van der Waals surface area (Å²) in [5, 5.41) is 6.07. The minimum Gasteiger partial charge on any atom is -0.492 e. The van der Waals surface area contributed by atoms with Crippen LogP contribution >= 0.6 is 24.8 Å². The molecular formula is C18H29Cl2N3O3. The highest BCUT2D eigenvalue weighted by Crippen LogP contribution is 2.22. The van der Waals surface area contributed by atoms with E-state index in [0.29, 0.717) is 19.8 Å². The number of morpholine rings is 1. The Morgan fingerprint density at radius 2 is 2.12 bits per heavy atom. The van der Waals surface area contributed by atoms with E-state index in [1.165, 1.54) is 25.9 Å². The molecule has 0 bridgehead atoms. The summed E-state index contributed by atoms with van der Waals surface area (Å²) in [5.41, 5.74) is 1.80. The number of carbonyl (C=O) groups excluding carboxylic acids is 1. The van der Waals surface area contributed by atoms with Gasteiger partial charge in [-0.1, -0.05) is 0 Å². The van der Waals surface area contributed by atoms with Gasteiger partial charge in [-0.15, -0.1) is 24.8 Å². The lowest BCUT2D eigenvalue weighted by Gasteiger charge is -2.23. The average molecular weight is 406 g/mol. The number of amides is 1. The van der Waals surface area contributed by atoms with E-state index in [1.807, 2.05) is 25.1 Å². The number of hydrogen-bond donors (Lipinski definition) is 2. The van der Waals surface area contributed by atoms with Crippen molar-refractivity contribution in [3.05, 3.63) is 23.8 Å². The zero-order valence-corrected chi connectivity index (χ0v) is 16.8. The van der Waals surface area contributed by atoms with Gasteiger partial charge in [-0.25, -0.2) is 0 Å². The molecule has 0 spiro atoms. The minimum atomic E-state index is -0.421.